The van der Waals surface area contributed by atoms with E-state index in [9.17, 15) is 3.10 Å². The van der Waals surface area contributed by atoms with E-state index in [2.05, 4.69) is 0 Å². The molecule has 0 amide bonds. The van der Waals surface area contributed by atoms with Crippen molar-refractivity contribution in [3.05, 3.63) is 0 Å². The van der Waals surface area contributed by atoms with Crippen molar-refractivity contribution in [1.29, 1.82) is 0 Å². The average molecular weight is 176 g/mol. The Balaban J connectivity index is 2.80. The van der Waals surface area contributed by atoms with Crippen LogP contribution >= 0.6 is 0 Å². The van der Waals surface area contributed by atoms with Crippen LogP contribution in [-0.2, 0) is 3.10 Å². The van der Waals surface area contributed by atoms with E-state index in [1.54, 1.807) is 0 Å². The van der Waals surface area contributed by atoms with E-state index in [1.165, 1.54) is 4.97 Å². The molecule has 0 aromatic rings. The fraction of sp³-hybridized carbons (Fsp3) is 1.00. The first-order chi connectivity index (χ1) is 1.73. The summed E-state index contributed by atoms with van der Waals surface area (Å²) >= 11 is -2.61. The first kappa shape index (κ1) is 4.55. The van der Waals surface area contributed by atoms with Crippen LogP contribution in [0, 0.1) is 0 Å². The maximum atomic E-state index is 9.25. The predicted molar refractivity (Wildman–Crippen MR) is 14.5 cm³/mol. The molecule has 0 saturated carbocycles. The van der Waals surface area contributed by atoms with Gasteiger partial charge in [0, 0.05) is 0 Å². The van der Waals surface area contributed by atoms with Gasteiger partial charge in [-0.05, 0) is 0 Å². The maximum absolute atomic E-state index is 9.25. The van der Waals surface area contributed by atoms with Gasteiger partial charge in [0.15, 0.2) is 0 Å². The molecule has 0 atom stereocenters. The summed E-state index contributed by atoms with van der Waals surface area (Å²) in [5, 5.41) is 0. The van der Waals surface area contributed by atoms with Crippen molar-refractivity contribution in [2.24, 2.45) is 0 Å². The Bertz CT molecular complexity index is 29.0. The third-order valence-corrected chi connectivity index (χ3v) is 0. The summed E-state index contributed by atoms with van der Waals surface area (Å²) in [6.45, 7) is 0. The molecule has 0 aromatic heterocycles. The van der Waals surface area contributed by atoms with Gasteiger partial charge in [0.1, 0.15) is 0 Å². The zero-order valence-corrected chi connectivity index (χ0v) is 4.59. The van der Waals surface area contributed by atoms with Gasteiger partial charge in [0.25, 0.3) is 0 Å². The summed E-state index contributed by atoms with van der Waals surface area (Å²) < 4.78 is 16.9. The summed E-state index contributed by atoms with van der Waals surface area (Å²) in [6, 6.07) is 0. The first-order valence-corrected chi connectivity index (χ1v) is 5.08. The zero-order valence-electron chi connectivity index (χ0n) is 2.26. The van der Waals surface area contributed by atoms with E-state index in [-0.39, 0.29) is 0 Å². The second kappa shape index (κ2) is 1.83. The van der Waals surface area contributed by atoms with E-state index in [0.29, 0.717) is 0 Å². The zero-order chi connectivity index (χ0) is 3.58. The van der Waals surface area contributed by atoms with Crippen LogP contribution < -0.4 is 0 Å². The van der Waals surface area contributed by atoms with E-state index in [4.69, 9.17) is 3.47 Å². The summed E-state index contributed by atoms with van der Waals surface area (Å²) in [5.41, 5.74) is 0. The SMILES string of the molecule is C[Te](=O)O. The van der Waals surface area contributed by atoms with Gasteiger partial charge in [-0.3, -0.25) is 0 Å². The molecule has 0 rings (SSSR count). The Labute approximate surface area is 32.0 Å². The summed E-state index contributed by atoms with van der Waals surface area (Å²) in [5.74, 6) is 0. The molecule has 0 aliphatic rings. The molecule has 0 fully saturated rings. The monoisotopic (exact) mass is 178 g/mol. The van der Waals surface area contributed by atoms with Crippen LogP contribution in [0.4, 0.5) is 0 Å². The van der Waals surface area contributed by atoms with Gasteiger partial charge >= 0.3 is 31.5 Å². The second-order valence-corrected chi connectivity index (χ2v) is 2.84. The van der Waals surface area contributed by atoms with Crippen LogP contribution in [0.3, 0.4) is 0 Å². The van der Waals surface area contributed by atoms with Gasteiger partial charge < -0.3 is 0 Å². The van der Waals surface area contributed by atoms with Crippen molar-refractivity contribution in [1.82, 2.24) is 0 Å². The van der Waals surface area contributed by atoms with Crippen molar-refractivity contribution in [3.8, 4) is 0 Å². The Kier molecular flexibility index (Phi) is 2.08. The van der Waals surface area contributed by atoms with Crippen LogP contribution in [0.25, 0.3) is 0 Å². The van der Waals surface area contributed by atoms with Crippen molar-refractivity contribution in [3.63, 3.8) is 0 Å². The molecule has 0 aromatic carbocycles. The minimum atomic E-state index is -2.61. The Morgan fingerprint density at radius 2 is 2.00 bits per heavy atom. The normalized spacial score (nSPS) is 8.75. The Hall–Kier alpha value is 0.550. The minimum absolute atomic E-state index is 1.34. The van der Waals surface area contributed by atoms with Crippen molar-refractivity contribution in [2.75, 3.05) is 0 Å². The van der Waals surface area contributed by atoms with Crippen LogP contribution in [-0.4, -0.2) is 23.4 Å². The standard InChI is InChI=1S/CH4O2Te/c1-4(2)3/h1H3,(H,2,3). The van der Waals surface area contributed by atoms with Crippen LogP contribution in [0.5, 0.6) is 0 Å². The molecule has 26 valence electrons. The molecule has 0 unspecified atom stereocenters. The van der Waals surface area contributed by atoms with E-state index in [0.717, 1.165) is 0 Å². The fourth-order valence-electron chi connectivity index (χ4n) is 0. The molecule has 0 radical (unpaired) electrons. The molecule has 0 saturated heterocycles. The van der Waals surface area contributed by atoms with Crippen LogP contribution in [0.1, 0.15) is 0 Å². The third kappa shape index (κ3) is 20.3. The van der Waals surface area contributed by atoms with E-state index in [1.807, 2.05) is 0 Å². The molecule has 4 heavy (non-hydrogen) atoms. The molecule has 3 heteroatoms. The molecule has 2 nitrogen and oxygen atoms in total. The van der Waals surface area contributed by atoms with Gasteiger partial charge in [0.2, 0.25) is 0 Å². The average Bonchev–Trinajstić information content (AvgIpc) is 0.811. The number of rotatable bonds is 0. The van der Waals surface area contributed by atoms with Gasteiger partial charge in [-0.25, -0.2) is 0 Å². The molecular formula is CH4O2Te. The molecule has 1 N–H and O–H groups in total. The van der Waals surface area contributed by atoms with Crippen molar-refractivity contribution >= 4 is 19.9 Å². The van der Waals surface area contributed by atoms with Gasteiger partial charge in [-0.2, -0.15) is 0 Å². The number of hydrogen-bond donors (Lipinski definition) is 1. The number of hydrogen-bond acceptors (Lipinski definition) is 1. The predicted octanol–water partition coefficient (Wildman–Crippen LogP) is -0.473. The van der Waals surface area contributed by atoms with Gasteiger partial charge in [0.05, 0.1) is 0 Å². The first-order valence-electron chi connectivity index (χ1n) is 0.757. The molecule has 0 heterocycles. The Morgan fingerprint density at radius 3 is 2.00 bits per heavy atom. The van der Waals surface area contributed by atoms with Crippen molar-refractivity contribution in [2.45, 2.75) is 4.97 Å². The third-order valence-electron chi connectivity index (χ3n) is 0. The molecule has 0 aliphatic heterocycles. The van der Waals surface area contributed by atoms with Crippen LogP contribution in [0.2, 0.25) is 4.97 Å². The van der Waals surface area contributed by atoms with Gasteiger partial charge in [-0.15, -0.1) is 0 Å². The second-order valence-electron chi connectivity index (χ2n) is 0.424. The summed E-state index contributed by atoms with van der Waals surface area (Å²) in [7, 11) is 0. The topological polar surface area (TPSA) is 37.3 Å². The molecule has 0 spiro atoms. The molecule has 0 aliphatic carbocycles. The molecule has 0 bridgehead atoms. The summed E-state index contributed by atoms with van der Waals surface area (Å²) in [6.07, 6.45) is 0. The van der Waals surface area contributed by atoms with E-state index >= 15 is 0 Å². The summed E-state index contributed by atoms with van der Waals surface area (Å²) in [4.78, 5) is 1.34. The Morgan fingerprint density at radius 1 is 2.00 bits per heavy atom. The van der Waals surface area contributed by atoms with Crippen LogP contribution in [0.15, 0.2) is 0 Å². The van der Waals surface area contributed by atoms with Gasteiger partial charge in [-0.1, -0.05) is 0 Å². The molecular weight excluding hydrogens is 172 g/mol. The van der Waals surface area contributed by atoms with Crippen molar-refractivity contribution < 1.29 is 6.58 Å². The van der Waals surface area contributed by atoms with E-state index < -0.39 is 19.9 Å². The fourth-order valence-corrected chi connectivity index (χ4v) is 0. The quantitative estimate of drug-likeness (QED) is 0.506.